The molecule has 0 aliphatic carbocycles. The molecule has 0 unspecified atom stereocenters. The van der Waals surface area contributed by atoms with E-state index in [2.05, 4.69) is 21.2 Å². The Morgan fingerprint density at radius 1 is 1.12 bits per heavy atom. The minimum absolute atomic E-state index is 0. The first-order valence-electron chi connectivity index (χ1n) is 7.70. The predicted octanol–water partition coefficient (Wildman–Crippen LogP) is 3.50. The van der Waals surface area contributed by atoms with Crippen molar-refractivity contribution in [3.63, 3.8) is 0 Å². The van der Waals surface area contributed by atoms with E-state index in [1.807, 2.05) is 53.4 Å². The van der Waals surface area contributed by atoms with E-state index in [-0.39, 0.29) is 18.3 Å². The maximum atomic E-state index is 12.7. The van der Waals surface area contributed by atoms with E-state index in [9.17, 15) is 4.79 Å². The van der Waals surface area contributed by atoms with Gasteiger partial charge in [0.1, 0.15) is 12.4 Å². The molecule has 0 saturated carbocycles. The molecule has 1 fully saturated rings. The zero-order valence-corrected chi connectivity index (χ0v) is 15.6. The number of hydrogen-bond acceptors (Lipinski definition) is 3. The summed E-state index contributed by atoms with van der Waals surface area (Å²) in [6.07, 6.45) is 0. The fraction of sp³-hybridized carbons (Fsp3) is 0.278. The van der Waals surface area contributed by atoms with E-state index in [4.69, 9.17) is 4.74 Å². The average Bonchev–Trinajstić information content (AvgIpc) is 2.60. The Morgan fingerprint density at radius 3 is 2.62 bits per heavy atom. The second kappa shape index (κ2) is 9.06. The van der Waals surface area contributed by atoms with Gasteiger partial charge in [-0.15, -0.1) is 12.4 Å². The average molecular weight is 412 g/mol. The summed E-state index contributed by atoms with van der Waals surface area (Å²) in [5.74, 6) is 0.673. The number of piperazine rings is 1. The Kier molecular flexibility index (Phi) is 7.09. The number of benzene rings is 2. The number of carbonyl (C=O) groups is 1. The van der Waals surface area contributed by atoms with Gasteiger partial charge in [-0.2, -0.15) is 0 Å². The maximum Gasteiger partial charge on any atom is 0.257 e. The van der Waals surface area contributed by atoms with Crippen molar-refractivity contribution in [3.8, 4) is 5.75 Å². The smallest absolute Gasteiger partial charge is 0.257 e. The zero-order chi connectivity index (χ0) is 16.1. The standard InChI is InChI=1S/C18H19BrN2O2.ClH/c19-15-5-3-4-14(12-15)13-23-17-7-2-1-6-16(17)18(22)21-10-8-20-9-11-21;/h1-7,12,20H,8-11,13H2;1H. The molecule has 0 spiro atoms. The molecule has 1 aliphatic heterocycles. The van der Waals surface area contributed by atoms with E-state index in [1.54, 1.807) is 0 Å². The van der Waals surface area contributed by atoms with Crippen LogP contribution in [0.5, 0.6) is 5.75 Å². The molecule has 4 nitrogen and oxygen atoms in total. The Labute approximate surface area is 156 Å². The minimum atomic E-state index is 0. The van der Waals surface area contributed by atoms with Gasteiger partial charge >= 0.3 is 0 Å². The van der Waals surface area contributed by atoms with Gasteiger partial charge in [0.2, 0.25) is 0 Å². The van der Waals surface area contributed by atoms with Crippen LogP contribution in [0.4, 0.5) is 0 Å². The maximum absolute atomic E-state index is 12.7. The van der Waals surface area contributed by atoms with Crippen LogP contribution in [0.15, 0.2) is 53.0 Å². The van der Waals surface area contributed by atoms with Crippen molar-refractivity contribution < 1.29 is 9.53 Å². The van der Waals surface area contributed by atoms with Crippen LogP contribution < -0.4 is 10.1 Å². The van der Waals surface area contributed by atoms with E-state index in [0.717, 1.165) is 36.2 Å². The van der Waals surface area contributed by atoms with Crippen molar-refractivity contribution in [2.45, 2.75) is 6.61 Å². The summed E-state index contributed by atoms with van der Waals surface area (Å²) in [6.45, 7) is 3.59. The number of amides is 1. The van der Waals surface area contributed by atoms with Gasteiger partial charge in [-0.3, -0.25) is 4.79 Å². The lowest BCUT2D eigenvalue weighted by atomic mass is 10.1. The van der Waals surface area contributed by atoms with Crippen LogP contribution in [-0.2, 0) is 6.61 Å². The molecule has 2 aromatic rings. The summed E-state index contributed by atoms with van der Waals surface area (Å²) in [5, 5.41) is 3.26. The van der Waals surface area contributed by atoms with E-state index in [1.165, 1.54) is 0 Å². The lowest BCUT2D eigenvalue weighted by molar-refractivity contribution is 0.0731. The third kappa shape index (κ3) is 4.72. The Morgan fingerprint density at radius 2 is 1.88 bits per heavy atom. The first kappa shape index (κ1) is 18.8. The number of hydrogen-bond donors (Lipinski definition) is 1. The van der Waals surface area contributed by atoms with Gasteiger partial charge in [0.05, 0.1) is 5.56 Å². The molecule has 1 amide bonds. The normalized spacial score (nSPS) is 14.0. The highest BCUT2D eigenvalue weighted by Crippen LogP contribution is 2.22. The van der Waals surface area contributed by atoms with Crippen molar-refractivity contribution in [1.29, 1.82) is 0 Å². The van der Waals surface area contributed by atoms with Gasteiger partial charge < -0.3 is 15.0 Å². The molecule has 1 N–H and O–H groups in total. The number of para-hydroxylation sites is 1. The molecule has 3 rings (SSSR count). The monoisotopic (exact) mass is 410 g/mol. The summed E-state index contributed by atoms with van der Waals surface area (Å²) in [7, 11) is 0. The first-order valence-corrected chi connectivity index (χ1v) is 8.49. The number of nitrogens with zero attached hydrogens (tertiary/aromatic N) is 1. The molecule has 1 saturated heterocycles. The van der Waals surface area contributed by atoms with Crippen molar-refractivity contribution >= 4 is 34.2 Å². The molecule has 6 heteroatoms. The van der Waals surface area contributed by atoms with Crippen LogP contribution in [0, 0.1) is 0 Å². The fourth-order valence-corrected chi connectivity index (χ4v) is 3.04. The SMILES string of the molecule is Cl.O=C(c1ccccc1OCc1cccc(Br)c1)N1CCNCC1. The largest absolute Gasteiger partial charge is 0.488 e. The summed E-state index contributed by atoms with van der Waals surface area (Å²) in [5.41, 5.74) is 1.69. The molecule has 1 heterocycles. The van der Waals surface area contributed by atoms with Crippen LogP contribution in [-0.4, -0.2) is 37.0 Å². The number of rotatable bonds is 4. The van der Waals surface area contributed by atoms with Crippen LogP contribution in [0.1, 0.15) is 15.9 Å². The molecule has 0 atom stereocenters. The van der Waals surface area contributed by atoms with E-state index in [0.29, 0.717) is 17.9 Å². The predicted molar refractivity (Wildman–Crippen MR) is 101 cm³/mol. The van der Waals surface area contributed by atoms with Gasteiger partial charge in [-0.05, 0) is 29.8 Å². The highest BCUT2D eigenvalue weighted by Gasteiger charge is 2.20. The summed E-state index contributed by atoms with van der Waals surface area (Å²) in [4.78, 5) is 14.6. The lowest BCUT2D eigenvalue weighted by Crippen LogP contribution is -2.46. The van der Waals surface area contributed by atoms with Crippen LogP contribution in [0.25, 0.3) is 0 Å². The highest BCUT2D eigenvalue weighted by molar-refractivity contribution is 9.10. The summed E-state index contributed by atoms with van der Waals surface area (Å²) in [6, 6.07) is 15.4. The highest BCUT2D eigenvalue weighted by atomic mass is 79.9. The van der Waals surface area contributed by atoms with Gasteiger partial charge in [-0.1, -0.05) is 40.2 Å². The lowest BCUT2D eigenvalue weighted by Gasteiger charge is -2.28. The topological polar surface area (TPSA) is 41.6 Å². The Balaban J connectivity index is 0.00000208. The molecular weight excluding hydrogens is 392 g/mol. The Bertz CT molecular complexity index is 690. The van der Waals surface area contributed by atoms with E-state index < -0.39 is 0 Å². The second-order valence-electron chi connectivity index (χ2n) is 5.46. The van der Waals surface area contributed by atoms with Crippen LogP contribution in [0.2, 0.25) is 0 Å². The molecule has 2 aromatic carbocycles. The number of halogens is 2. The first-order chi connectivity index (χ1) is 11.2. The molecule has 1 aliphatic rings. The minimum Gasteiger partial charge on any atom is -0.488 e. The molecule has 128 valence electrons. The van der Waals surface area contributed by atoms with E-state index >= 15 is 0 Å². The fourth-order valence-electron chi connectivity index (χ4n) is 2.60. The third-order valence-electron chi connectivity index (χ3n) is 3.81. The number of nitrogens with one attached hydrogen (secondary N) is 1. The number of carbonyl (C=O) groups excluding carboxylic acids is 1. The molecule has 0 bridgehead atoms. The van der Waals surface area contributed by atoms with Crippen molar-refractivity contribution in [1.82, 2.24) is 10.2 Å². The van der Waals surface area contributed by atoms with Crippen molar-refractivity contribution in [3.05, 3.63) is 64.1 Å². The van der Waals surface area contributed by atoms with Gasteiger partial charge in [0.25, 0.3) is 5.91 Å². The van der Waals surface area contributed by atoms with Gasteiger partial charge in [0, 0.05) is 30.7 Å². The quantitative estimate of drug-likeness (QED) is 0.837. The summed E-state index contributed by atoms with van der Waals surface area (Å²) < 4.78 is 6.92. The van der Waals surface area contributed by atoms with Gasteiger partial charge in [-0.25, -0.2) is 0 Å². The number of ether oxygens (including phenoxy) is 1. The molecule has 0 aromatic heterocycles. The molecule has 24 heavy (non-hydrogen) atoms. The Hall–Kier alpha value is -1.56. The van der Waals surface area contributed by atoms with Crippen LogP contribution in [0.3, 0.4) is 0 Å². The summed E-state index contributed by atoms with van der Waals surface area (Å²) >= 11 is 3.46. The third-order valence-corrected chi connectivity index (χ3v) is 4.30. The van der Waals surface area contributed by atoms with Gasteiger partial charge in [0.15, 0.2) is 0 Å². The van der Waals surface area contributed by atoms with Crippen molar-refractivity contribution in [2.24, 2.45) is 0 Å². The molecular formula is C18H20BrClN2O2. The molecule has 0 radical (unpaired) electrons. The van der Waals surface area contributed by atoms with Crippen LogP contribution >= 0.6 is 28.3 Å². The second-order valence-corrected chi connectivity index (χ2v) is 6.37. The zero-order valence-electron chi connectivity index (χ0n) is 13.2. The van der Waals surface area contributed by atoms with Crippen molar-refractivity contribution in [2.75, 3.05) is 26.2 Å².